The molecule has 3 aromatic carbocycles. The number of non-ortho nitro benzene ring substituents is 1. The van der Waals surface area contributed by atoms with Gasteiger partial charge in [-0.2, -0.15) is 11.3 Å². The van der Waals surface area contributed by atoms with Gasteiger partial charge in [-0.3, -0.25) is 24.5 Å². The summed E-state index contributed by atoms with van der Waals surface area (Å²) in [5.74, 6) is -1.13. The van der Waals surface area contributed by atoms with Crippen molar-refractivity contribution < 1.29 is 19.3 Å². The number of benzene rings is 3. The molecule has 0 aliphatic rings. The molecule has 3 N–H and O–H groups in total. The summed E-state index contributed by atoms with van der Waals surface area (Å²) < 4.78 is 0. The van der Waals surface area contributed by atoms with E-state index in [1.54, 1.807) is 79.0 Å². The van der Waals surface area contributed by atoms with Crippen LogP contribution in [-0.2, 0) is 9.59 Å². The lowest BCUT2D eigenvalue weighted by molar-refractivity contribution is -0.384. The molecule has 0 spiro atoms. The summed E-state index contributed by atoms with van der Waals surface area (Å²) in [5.41, 5.74) is 2.92. The molecule has 0 saturated carbocycles. The number of rotatable bonds is 11. The minimum atomic E-state index is -0.480. The highest BCUT2D eigenvalue weighted by Crippen LogP contribution is 2.29. The number of nitrogens with one attached hydrogen (secondary N) is 3. The number of carbonyl (C=O) groups is 3. The number of thiazole rings is 1. The molecule has 45 heavy (non-hydrogen) atoms. The fraction of sp³-hybridized carbons (Fsp3) is 0.0625. The van der Waals surface area contributed by atoms with Gasteiger partial charge in [-0.1, -0.05) is 30.3 Å². The van der Waals surface area contributed by atoms with Crippen molar-refractivity contribution in [3.8, 4) is 11.3 Å². The fourth-order valence-corrected chi connectivity index (χ4v) is 6.20. The minimum Gasteiger partial charge on any atom is -0.321 e. The zero-order chi connectivity index (χ0) is 31.8. The number of nitrogens with zero attached hydrogens (tertiary/aromatic N) is 2. The van der Waals surface area contributed by atoms with Crippen molar-refractivity contribution in [1.82, 2.24) is 10.3 Å². The number of carbonyl (C=O) groups excluding carboxylic acids is 3. The van der Waals surface area contributed by atoms with Gasteiger partial charge in [-0.05, 0) is 71.8 Å². The quantitative estimate of drug-likeness (QED) is 0.0586. The molecule has 5 aromatic rings. The smallest absolute Gasteiger partial charge is 0.272 e. The topological polar surface area (TPSA) is 143 Å². The lowest BCUT2D eigenvalue weighted by Gasteiger charge is -2.13. The van der Waals surface area contributed by atoms with Crippen molar-refractivity contribution >= 4 is 74.7 Å². The molecule has 5 rings (SSSR count). The second-order valence-corrected chi connectivity index (χ2v) is 12.6. The summed E-state index contributed by atoms with van der Waals surface area (Å²) >= 11 is 4.04. The number of thioether (sulfide) groups is 1. The van der Waals surface area contributed by atoms with Gasteiger partial charge in [-0.25, -0.2) is 4.98 Å². The average Bonchev–Trinajstić information content (AvgIpc) is 3.74. The highest BCUT2D eigenvalue weighted by atomic mass is 32.2. The van der Waals surface area contributed by atoms with E-state index in [-0.39, 0.29) is 17.3 Å². The Kier molecular flexibility index (Phi) is 10.1. The summed E-state index contributed by atoms with van der Waals surface area (Å²) in [6.07, 6.45) is 1.62. The molecule has 0 fully saturated rings. The van der Waals surface area contributed by atoms with Crippen molar-refractivity contribution in [1.29, 1.82) is 0 Å². The van der Waals surface area contributed by atoms with Gasteiger partial charge in [0.05, 0.1) is 15.9 Å². The monoisotopic (exact) mass is 655 g/mol. The van der Waals surface area contributed by atoms with Gasteiger partial charge in [0.1, 0.15) is 5.70 Å². The van der Waals surface area contributed by atoms with Crippen LogP contribution in [0.15, 0.2) is 112 Å². The Hall–Kier alpha value is -5.11. The number of amides is 3. The molecule has 0 aliphatic heterocycles. The third kappa shape index (κ3) is 8.50. The molecule has 0 aliphatic carbocycles. The van der Waals surface area contributed by atoms with Gasteiger partial charge in [0.25, 0.3) is 17.5 Å². The van der Waals surface area contributed by atoms with Crippen molar-refractivity contribution in [3.05, 3.63) is 128 Å². The Morgan fingerprint density at radius 3 is 2.44 bits per heavy atom. The number of thiophene rings is 1. The van der Waals surface area contributed by atoms with E-state index in [0.717, 1.165) is 10.5 Å². The van der Waals surface area contributed by atoms with Crippen LogP contribution < -0.4 is 16.0 Å². The first-order valence-corrected chi connectivity index (χ1v) is 16.1. The second-order valence-electron chi connectivity index (χ2n) is 9.51. The first-order valence-electron chi connectivity index (χ1n) is 13.4. The maximum Gasteiger partial charge on any atom is 0.272 e. The van der Waals surface area contributed by atoms with Crippen molar-refractivity contribution in [3.63, 3.8) is 0 Å². The second kappa shape index (κ2) is 14.6. The molecule has 2 aromatic heterocycles. The number of nitro groups is 1. The van der Waals surface area contributed by atoms with Crippen LogP contribution >= 0.6 is 34.4 Å². The molecule has 1 atom stereocenters. The standard InChI is InChI=1S/C32H25N5O5S3/c1-20(29(38)36-32-35-28(19-44-32)23-8-5-9-25(17-23)37(41)42)45-26-12-10-24(11-13-26)33-31(40)27(16-21-14-15-43-18-21)34-30(39)22-6-3-2-4-7-22/h2-20H,1H3,(H,33,40)(H,34,39)(H,35,36,38)/b27-16-. The zero-order valence-corrected chi connectivity index (χ0v) is 26.1. The molecule has 13 heteroatoms. The summed E-state index contributed by atoms with van der Waals surface area (Å²) in [7, 11) is 0. The Labute approximate surface area is 270 Å². The van der Waals surface area contributed by atoms with Gasteiger partial charge < -0.3 is 16.0 Å². The van der Waals surface area contributed by atoms with E-state index in [1.165, 1.54) is 46.6 Å². The van der Waals surface area contributed by atoms with Crippen LogP contribution in [0.5, 0.6) is 0 Å². The van der Waals surface area contributed by atoms with E-state index < -0.39 is 22.0 Å². The van der Waals surface area contributed by atoms with Gasteiger partial charge in [0, 0.05) is 39.2 Å². The molecule has 226 valence electrons. The SMILES string of the molecule is CC(Sc1ccc(NC(=O)/C(=C/c2ccsc2)NC(=O)c2ccccc2)cc1)C(=O)Nc1nc(-c2cccc([N+](=O)[O-])c2)cs1. The lowest BCUT2D eigenvalue weighted by Crippen LogP contribution is -2.30. The Morgan fingerprint density at radius 2 is 1.73 bits per heavy atom. The summed E-state index contributed by atoms with van der Waals surface area (Å²) in [6, 6.07) is 23.7. The van der Waals surface area contributed by atoms with E-state index in [4.69, 9.17) is 0 Å². The number of anilines is 2. The maximum absolute atomic E-state index is 13.2. The molecular weight excluding hydrogens is 631 g/mol. The molecule has 2 heterocycles. The van der Waals surface area contributed by atoms with E-state index >= 15 is 0 Å². The van der Waals surface area contributed by atoms with Gasteiger partial charge in [-0.15, -0.1) is 23.1 Å². The molecule has 1 unspecified atom stereocenters. The predicted molar refractivity (Wildman–Crippen MR) is 179 cm³/mol. The predicted octanol–water partition coefficient (Wildman–Crippen LogP) is 7.31. The average molecular weight is 656 g/mol. The van der Waals surface area contributed by atoms with E-state index in [0.29, 0.717) is 27.6 Å². The van der Waals surface area contributed by atoms with Crippen LogP contribution in [0.25, 0.3) is 17.3 Å². The minimum absolute atomic E-state index is 0.0354. The number of aromatic nitrogens is 1. The molecule has 0 radical (unpaired) electrons. The number of hydrogen-bond donors (Lipinski definition) is 3. The van der Waals surface area contributed by atoms with Crippen LogP contribution in [0.1, 0.15) is 22.8 Å². The third-order valence-electron chi connectivity index (χ3n) is 6.26. The van der Waals surface area contributed by atoms with Crippen LogP contribution in [-0.4, -0.2) is 32.9 Å². The maximum atomic E-state index is 13.2. The molecular formula is C32H25N5O5S3. The summed E-state index contributed by atoms with van der Waals surface area (Å²) in [6.45, 7) is 1.77. The number of nitro benzene ring substituents is 1. The molecule has 0 saturated heterocycles. The van der Waals surface area contributed by atoms with Crippen molar-refractivity contribution in [2.24, 2.45) is 0 Å². The summed E-state index contributed by atoms with van der Waals surface area (Å²) in [4.78, 5) is 54.6. The fourth-order valence-electron chi connectivity index (χ4n) is 3.99. The van der Waals surface area contributed by atoms with Gasteiger partial charge in [0.2, 0.25) is 5.91 Å². The third-order valence-corrected chi connectivity index (χ3v) is 8.84. The van der Waals surface area contributed by atoms with Crippen LogP contribution in [0, 0.1) is 10.1 Å². The van der Waals surface area contributed by atoms with Crippen molar-refractivity contribution in [2.75, 3.05) is 10.6 Å². The Bertz CT molecular complexity index is 1860. The molecule has 0 bridgehead atoms. The molecule has 3 amide bonds. The summed E-state index contributed by atoms with van der Waals surface area (Å²) in [5, 5.41) is 24.8. The molecule has 10 nitrogen and oxygen atoms in total. The van der Waals surface area contributed by atoms with E-state index in [1.807, 2.05) is 22.9 Å². The lowest BCUT2D eigenvalue weighted by atomic mass is 10.1. The van der Waals surface area contributed by atoms with E-state index in [9.17, 15) is 24.5 Å². The van der Waals surface area contributed by atoms with Crippen LogP contribution in [0.4, 0.5) is 16.5 Å². The largest absolute Gasteiger partial charge is 0.321 e. The first kappa shape index (κ1) is 31.3. The normalized spacial score (nSPS) is 11.8. The highest BCUT2D eigenvalue weighted by molar-refractivity contribution is 8.00. The van der Waals surface area contributed by atoms with Gasteiger partial charge >= 0.3 is 0 Å². The first-order chi connectivity index (χ1) is 21.7. The Balaban J connectivity index is 1.18. The van der Waals surface area contributed by atoms with Crippen LogP contribution in [0.3, 0.4) is 0 Å². The Morgan fingerprint density at radius 1 is 0.956 bits per heavy atom. The van der Waals surface area contributed by atoms with Gasteiger partial charge in [0.15, 0.2) is 5.13 Å². The number of hydrogen-bond acceptors (Lipinski definition) is 9. The van der Waals surface area contributed by atoms with Crippen molar-refractivity contribution in [2.45, 2.75) is 17.1 Å². The highest BCUT2D eigenvalue weighted by Gasteiger charge is 2.18. The van der Waals surface area contributed by atoms with E-state index in [2.05, 4.69) is 20.9 Å². The zero-order valence-electron chi connectivity index (χ0n) is 23.6. The van der Waals surface area contributed by atoms with Crippen LogP contribution in [0.2, 0.25) is 0 Å².